The van der Waals surface area contributed by atoms with E-state index in [1.807, 2.05) is 91.0 Å². The number of ketones is 1. The summed E-state index contributed by atoms with van der Waals surface area (Å²) in [6, 6.07) is 26.1. The minimum absolute atomic E-state index is 0.543. The second kappa shape index (κ2) is 10.0. The molecule has 0 spiro atoms. The van der Waals surface area contributed by atoms with Gasteiger partial charge in [-0.3, -0.25) is 14.2 Å². The fraction of sp³-hybridized carbons (Fsp3) is 0.167. The van der Waals surface area contributed by atoms with Crippen LogP contribution in [0.25, 0.3) is 0 Å². The molecule has 0 heterocycles. The number of nitrogens with two attached hydrogens (primary N) is 1. The summed E-state index contributed by atoms with van der Waals surface area (Å²) in [6.45, 7) is 0. The summed E-state index contributed by atoms with van der Waals surface area (Å²) in [5, 5.41) is 0. The normalized spacial score (nSPS) is 12.7. The number of carbonyl (C=O) groups is 2. The van der Waals surface area contributed by atoms with Crippen LogP contribution < -0.4 is 5.73 Å². The lowest BCUT2D eigenvalue weighted by Gasteiger charge is -2.36. The molecule has 0 saturated carbocycles. The van der Waals surface area contributed by atoms with E-state index < -0.39 is 43.6 Å². The predicted molar refractivity (Wildman–Crippen MR) is 120 cm³/mol. The van der Waals surface area contributed by atoms with Crippen LogP contribution in [0.5, 0.6) is 0 Å². The average Bonchev–Trinajstić information content (AvgIpc) is 2.77. The topological polar surface area (TPSA) is 127 Å². The molecule has 8 heteroatoms. The van der Waals surface area contributed by atoms with Crippen LogP contribution in [-0.4, -0.2) is 33.7 Å². The highest BCUT2D eigenvalue weighted by molar-refractivity contribution is 7.52. The third-order valence-corrected chi connectivity index (χ3v) is 5.69. The monoisotopic (exact) mass is 453 g/mol. The summed E-state index contributed by atoms with van der Waals surface area (Å²) in [4.78, 5) is 43.1. The van der Waals surface area contributed by atoms with Gasteiger partial charge in [0.1, 0.15) is 18.0 Å². The van der Waals surface area contributed by atoms with Crippen LogP contribution in [0.1, 0.15) is 23.1 Å². The molecule has 0 bridgehead atoms. The molecule has 0 radical (unpaired) electrons. The van der Waals surface area contributed by atoms with Gasteiger partial charge in [0.25, 0.3) is 0 Å². The number of hydrogen-bond acceptors (Lipinski definition) is 5. The van der Waals surface area contributed by atoms with Gasteiger partial charge in [0.05, 0.1) is 0 Å². The summed E-state index contributed by atoms with van der Waals surface area (Å²) >= 11 is 0. The summed E-state index contributed by atoms with van der Waals surface area (Å²) in [5.41, 5.74) is 6.63. The van der Waals surface area contributed by atoms with Gasteiger partial charge in [-0.2, -0.15) is 0 Å². The predicted octanol–water partition coefficient (Wildman–Crippen LogP) is 2.99. The van der Waals surface area contributed by atoms with Gasteiger partial charge < -0.3 is 20.3 Å². The molecule has 0 aliphatic heterocycles. The second-order valence-corrected chi connectivity index (χ2v) is 9.02. The molecular formula is C24H24NO6P. The van der Waals surface area contributed by atoms with Crippen LogP contribution in [0.15, 0.2) is 91.0 Å². The van der Waals surface area contributed by atoms with E-state index in [0.717, 1.165) is 0 Å². The first-order valence-electron chi connectivity index (χ1n) is 9.93. The quantitative estimate of drug-likeness (QED) is 0.258. The fourth-order valence-electron chi connectivity index (χ4n) is 3.54. The van der Waals surface area contributed by atoms with Gasteiger partial charge in [-0.1, -0.05) is 91.0 Å². The maximum atomic E-state index is 13.1. The van der Waals surface area contributed by atoms with Gasteiger partial charge in [-0.25, -0.2) is 0 Å². The zero-order valence-electron chi connectivity index (χ0n) is 17.2. The average molecular weight is 453 g/mol. The highest BCUT2D eigenvalue weighted by Crippen LogP contribution is 2.41. The van der Waals surface area contributed by atoms with Crippen molar-refractivity contribution in [3.63, 3.8) is 0 Å². The van der Waals surface area contributed by atoms with E-state index in [-0.39, 0.29) is 0 Å². The van der Waals surface area contributed by atoms with E-state index in [9.17, 15) is 14.2 Å². The molecule has 4 N–H and O–H groups in total. The molecule has 0 fully saturated rings. The van der Waals surface area contributed by atoms with Crippen molar-refractivity contribution in [1.82, 2.24) is 0 Å². The van der Waals surface area contributed by atoms with Crippen molar-refractivity contribution in [3.8, 4) is 0 Å². The van der Waals surface area contributed by atoms with Gasteiger partial charge in [0.15, 0.2) is 5.60 Å². The first-order valence-corrected chi connectivity index (χ1v) is 11.7. The highest BCUT2D eigenvalue weighted by Gasteiger charge is 2.41. The number of Topliss-reactive ketones (excluding diaryl/α,β-unsaturated/α-hetero) is 1. The highest BCUT2D eigenvalue weighted by atomic mass is 31.2. The molecule has 0 aromatic heterocycles. The minimum atomic E-state index is -4.55. The molecule has 3 aromatic rings. The zero-order valence-corrected chi connectivity index (χ0v) is 18.1. The second-order valence-electron chi connectivity index (χ2n) is 7.37. The number of ether oxygens (including phenoxy) is 1. The Bertz CT molecular complexity index is 1000. The van der Waals surface area contributed by atoms with Crippen molar-refractivity contribution >= 4 is 19.3 Å². The molecule has 0 aliphatic carbocycles. The summed E-state index contributed by atoms with van der Waals surface area (Å²) in [5.74, 6) is -1.67. The smallest absolute Gasteiger partial charge is 0.332 e. The standard InChI is InChI=1S/C24H24NO6P/c25-22(16-21(26)17-32(28,29)30)23(27)31-24(18-10-4-1-5-11-18,19-12-6-2-7-13-19)20-14-8-3-9-15-20/h1-15,22H,16-17,25H2,(H2,28,29,30)/t22-/m0/s1. The van der Waals surface area contributed by atoms with Crippen molar-refractivity contribution in [2.45, 2.75) is 18.1 Å². The van der Waals surface area contributed by atoms with Crippen molar-refractivity contribution in [1.29, 1.82) is 0 Å². The van der Waals surface area contributed by atoms with Crippen LogP contribution in [0.4, 0.5) is 0 Å². The van der Waals surface area contributed by atoms with E-state index in [0.29, 0.717) is 16.7 Å². The first-order chi connectivity index (χ1) is 15.2. The van der Waals surface area contributed by atoms with Gasteiger partial charge >= 0.3 is 13.6 Å². The van der Waals surface area contributed by atoms with Gasteiger partial charge in [-0.05, 0) is 0 Å². The van der Waals surface area contributed by atoms with Crippen LogP contribution in [0.3, 0.4) is 0 Å². The Morgan fingerprint density at radius 2 is 1.19 bits per heavy atom. The molecule has 0 saturated heterocycles. The lowest BCUT2D eigenvalue weighted by atomic mass is 9.80. The fourth-order valence-corrected chi connectivity index (χ4v) is 4.13. The van der Waals surface area contributed by atoms with E-state index in [1.54, 1.807) is 0 Å². The Morgan fingerprint density at radius 1 is 0.812 bits per heavy atom. The zero-order chi connectivity index (χ0) is 23.2. The van der Waals surface area contributed by atoms with Gasteiger partial charge in [-0.15, -0.1) is 0 Å². The maximum absolute atomic E-state index is 13.1. The maximum Gasteiger partial charge on any atom is 0.332 e. The largest absolute Gasteiger partial charge is 0.443 e. The van der Waals surface area contributed by atoms with Gasteiger partial charge in [0.2, 0.25) is 0 Å². The van der Waals surface area contributed by atoms with E-state index in [2.05, 4.69) is 0 Å². The summed E-state index contributed by atoms with van der Waals surface area (Å²) in [6.07, 6.45) is -1.52. The van der Waals surface area contributed by atoms with Crippen LogP contribution in [0.2, 0.25) is 0 Å². The molecule has 0 unspecified atom stereocenters. The molecular weight excluding hydrogens is 429 g/mol. The Balaban J connectivity index is 2.04. The third kappa shape index (κ3) is 5.58. The SMILES string of the molecule is N[C@@H](CC(=O)CP(=O)(O)O)C(=O)OC(c1ccccc1)(c1ccccc1)c1ccccc1. The van der Waals surface area contributed by atoms with Gasteiger partial charge in [0, 0.05) is 23.1 Å². The molecule has 166 valence electrons. The van der Waals surface area contributed by atoms with E-state index in [4.69, 9.17) is 20.3 Å². The van der Waals surface area contributed by atoms with Crippen molar-refractivity contribution < 1.29 is 28.7 Å². The van der Waals surface area contributed by atoms with Crippen LogP contribution in [0, 0.1) is 0 Å². The van der Waals surface area contributed by atoms with Crippen molar-refractivity contribution in [2.24, 2.45) is 5.73 Å². The molecule has 0 amide bonds. The third-order valence-electron chi connectivity index (χ3n) is 4.93. The Hall–Kier alpha value is -3.09. The Labute approximate surface area is 186 Å². The number of benzene rings is 3. The summed E-state index contributed by atoms with van der Waals surface area (Å²) in [7, 11) is -4.55. The minimum Gasteiger partial charge on any atom is -0.443 e. The molecule has 32 heavy (non-hydrogen) atoms. The van der Waals surface area contributed by atoms with E-state index in [1.165, 1.54) is 0 Å². The lowest BCUT2D eigenvalue weighted by molar-refractivity contribution is -0.156. The molecule has 3 rings (SSSR count). The molecule has 0 aliphatic rings. The van der Waals surface area contributed by atoms with Crippen molar-refractivity contribution in [3.05, 3.63) is 108 Å². The Kier molecular flexibility index (Phi) is 7.38. The first kappa shape index (κ1) is 23.6. The Morgan fingerprint density at radius 3 is 1.53 bits per heavy atom. The van der Waals surface area contributed by atoms with E-state index >= 15 is 0 Å². The van der Waals surface area contributed by atoms with Crippen LogP contribution >= 0.6 is 7.60 Å². The molecule has 1 atom stereocenters. The molecule has 3 aromatic carbocycles. The molecule has 7 nitrogen and oxygen atoms in total. The van der Waals surface area contributed by atoms with Crippen LogP contribution in [-0.2, 0) is 24.5 Å². The van der Waals surface area contributed by atoms with Crippen molar-refractivity contribution in [2.75, 3.05) is 6.16 Å². The lowest BCUT2D eigenvalue weighted by Crippen LogP contribution is -2.42. The number of hydrogen-bond donors (Lipinski definition) is 3. The number of rotatable bonds is 9. The number of carbonyl (C=O) groups excluding carboxylic acids is 2. The number of esters is 1. The summed E-state index contributed by atoms with van der Waals surface area (Å²) < 4.78 is 17.2.